The monoisotopic (exact) mass is 279 g/mol. The van der Waals surface area contributed by atoms with E-state index in [0.717, 1.165) is 13.0 Å². The highest BCUT2D eigenvalue weighted by Gasteiger charge is 2.51. The fraction of sp³-hybridized carbons (Fsp3) is 0.688. The first-order chi connectivity index (χ1) is 9.32. The molecule has 1 heterocycles. The minimum Gasteiger partial charge on any atom is -0.457 e. The zero-order valence-corrected chi connectivity index (χ0v) is 13.1. The summed E-state index contributed by atoms with van der Waals surface area (Å²) >= 11 is 0. The van der Waals surface area contributed by atoms with E-state index < -0.39 is 0 Å². The molecule has 2 rings (SSSR count). The molecule has 0 unspecified atom stereocenters. The van der Waals surface area contributed by atoms with E-state index in [1.54, 1.807) is 10.6 Å². The van der Waals surface area contributed by atoms with E-state index in [1.807, 2.05) is 19.3 Å². The van der Waals surface area contributed by atoms with Gasteiger partial charge in [0.15, 0.2) is 0 Å². The molecule has 1 saturated carbocycles. The van der Waals surface area contributed by atoms with Crippen LogP contribution in [0.3, 0.4) is 0 Å². The number of aromatic nitrogens is 1. The van der Waals surface area contributed by atoms with Gasteiger partial charge in [0.2, 0.25) is 0 Å². The third-order valence-electron chi connectivity index (χ3n) is 4.12. The summed E-state index contributed by atoms with van der Waals surface area (Å²) in [5.74, 6) is 0.272. The number of nitrogens with zero attached hydrogens (tertiary/aromatic N) is 1. The zero-order valence-electron chi connectivity index (χ0n) is 13.1. The second-order valence-corrected chi connectivity index (χ2v) is 6.67. The summed E-state index contributed by atoms with van der Waals surface area (Å²) in [4.78, 5) is 12.1. The van der Waals surface area contributed by atoms with E-state index in [2.05, 4.69) is 27.7 Å². The van der Waals surface area contributed by atoms with Crippen molar-refractivity contribution >= 4 is 5.97 Å². The average molecular weight is 279 g/mol. The number of carbonyl (C=O) groups excluding carboxylic acids is 1. The predicted molar refractivity (Wildman–Crippen MR) is 77.6 cm³/mol. The fourth-order valence-corrected chi connectivity index (χ4v) is 2.50. The Balaban J connectivity index is 1.90. The summed E-state index contributed by atoms with van der Waals surface area (Å²) in [6.45, 7) is 9.23. The van der Waals surface area contributed by atoms with Crippen molar-refractivity contribution in [1.29, 1.82) is 0 Å². The van der Waals surface area contributed by atoms with Gasteiger partial charge < -0.3 is 14.0 Å². The van der Waals surface area contributed by atoms with Crippen LogP contribution in [0.25, 0.3) is 0 Å². The summed E-state index contributed by atoms with van der Waals surface area (Å²) in [5, 5.41) is 0. The van der Waals surface area contributed by atoms with Crippen molar-refractivity contribution < 1.29 is 14.3 Å². The Hall–Kier alpha value is -1.29. The third-order valence-corrected chi connectivity index (χ3v) is 4.12. The molecule has 1 aliphatic carbocycles. The largest absolute Gasteiger partial charge is 0.457 e. The van der Waals surface area contributed by atoms with Gasteiger partial charge in [-0.15, -0.1) is 0 Å². The van der Waals surface area contributed by atoms with Crippen LogP contribution in [0.1, 0.15) is 44.6 Å². The van der Waals surface area contributed by atoms with Crippen molar-refractivity contribution in [1.82, 2.24) is 4.57 Å². The van der Waals surface area contributed by atoms with Gasteiger partial charge in [0, 0.05) is 31.7 Å². The summed E-state index contributed by atoms with van der Waals surface area (Å²) in [6.07, 6.45) is 2.74. The number of esters is 1. The quantitative estimate of drug-likeness (QED) is 0.778. The predicted octanol–water partition coefficient (Wildman–Crippen LogP) is 3.02. The Labute approximate surface area is 121 Å². The van der Waals surface area contributed by atoms with E-state index in [0.29, 0.717) is 11.6 Å². The van der Waals surface area contributed by atoms with Crippen molar-refractivity contribution in [2.45, 2.75) is 46.3 Å². The van der Waals surface area contributed by atoms with Crippen LogP contribution in [-0.4, -0.2) is 29.4 Å². The fourth-order valence-electron chi connectivity index (χ4n) is 2.50. The molecule has 1 aromatic rings. The molecule has 112 valence electrons. The molecule has 1 aromatic heterocycles. The highest BCUT2D eigenvalue weighted by atomic mass is 16.6. The molecule has 4 nitrogen and oxygen atoms in total. The Kier molecular flexibility index (Phi) is 4.23. The number of carbonyl (C=O) groups is 1. The summed E-state index contributed by atoms with van der Waals surface area (Å²) < 4.78 is 13.3. The molecule has 20 heavy (non-hydrogen) atoms. The van der Waals surface area contributed by atoms with E-state index in [1.165, 1.54) is 0 Å². The Morgan fingerprint density at radius 1 is 1.45 bits per heavy atom. The highest BCUT2D eigenvalue weighted by Crippen LogP contribution is 2.45. The molecule has 0 radical (unpaired) electrons. The molecule has 0 amide bonds. The zero-order chi connectivity index (χ0) is 14.9. The van der Waals surface area contributed by atoms with Crippen LogP contribution < -0.4 is 0 Å². The van der Waals surface area contributed by atoms with Gasteiger partial charge in [-0.05, 0) is 18.1 Å². The first kappa shape index (κ1) is 15.1. The summed E-state index contributed by atoms with van der Waals surface area (Å²) in [5.41, 5.74) is 0.475. The van der Waals surface area contributed by atoms with Gasteiger partial charge in [0.1, 0.15) is 11.8 Å². The van der Waals surface area contributed by atoms with E-state index >= 15 is 0 Å². The molecule has 4 heteroatoms. The van der Waals surface area contributed by atoms with Crippen molar-refractivity contribution in [3.63, 3.8) is 0 Å². The maximum atomic E-state index is 12.1. The maximum absolute atomic E-state index is 12.1. The van der Waals surface area contributed by atoms with Crippen LogP contribution in [0.5, 0.6) is 0 Å². The molecular weight excluding hydrogens is 254 g/mol. The number of aryl methyl sites for hydroxylation is 1. The molecular formula is C16H25NO3. The molecule has 0 N–H and O–H groups in total. The van der Waals surface area contributed by atoms with Crippen molar-refractivity contribution in [3.05, 3.63) is 24.0 Å². The molecule has 2 atom stereocenters. The Morgan fingerprint density at radius 2 is 2.15 bits per heavy atom. The Bertz CT molecular complexity index is 476. The van der Waals surface area contributed by atoms with Crippen molar-refractivity contribution in [2.24, 2.45) is 18.4 Å². The molecule has 0 aromatic carbocycles. The van der Waals surface area contributed by atoms with E-state index in [-0.39, 0.29) is 23.6 Å². The maximum Gasteiger partial charge on any atom is 0.355 e. The number of hydrogen-bond donors (Lipinski definition) is 0. The Morgan fingerprint density at radius 3 is 2.65 bits per heavy atom. The van der Waals surface area contributed by atoms with Gasteiger partial charge in [-0.3, -0.25) is 0 Å². The molecule has 1 fully saturated rings. The van der Waals surface area contributed by atoms with Gasteiger partial charge in [-0.2, -0.15) is 0 Å². The van der Waals surface area contributed by atoms with Crippen molar-refractivity contribution in [3.8, 4) is 0 Å². The molecule has 0 bridgehead atoms. The molecule has 0 aliphatic heterocycles. The van der Waals surface area contributed by atoms with Crippen LogP contribution in [0, 0.1) is 11.3 Å². The van der Waals surface area contributed by atoms with Gasteiger partial charge in [-0.25, -0.2) is 4.79 Å². The van der Waals surface area contributed by atoms with Gasteiger partial charge >= 0.3 is 5.97 Å². The van der Waals surface area contributed by atoms with Crippen LogP contribution in [0.15, 0.2) is 18.3 Å². The molecule has 1 aliphatic rings. The smallest absolute Gasteiger partial charge is 0.355 e. The van der Waals surface area contributed by atoms with Crippen molar-refractivity contribution in [2.75, 3.05) is 6.61 Å². The topological polar surface area (TPSA) is 40.5 Å². The second-order valence-electron chi connectivity index (χ2n) is 6.67. The lowest BCUT2D eigenvalue weighted by Gasteiger charge is -2.50. The van der Waals surface area contributed by atoms with Gasteiger partial charge in [0.05, 0.1) is 6.10 Å². The standard InChI is InChI=1S/C16H25NO3/c1-11(2)10-19-13-9-14(16(13,3)4)20-15(18)12-7-6-8-17(12)5/h6-8,11,13-14H,9-10H2,1-5H3/t13-,14+/m1/s1. The lowest BCUT2D eigenvalue weighted by Crippen LogP contribution is -2.56. The normalized spacial score (nSPS) is 24.5. The first-order valence-electron chi connectivity index (χ1n) is 7.26. The SMILES string of the molecule is CC(C)CO[C@@H]1C[C@H](OC(=O)c2cccn2C)C1(C)C. The van der Waals surface area contributed by atoms with Crippen LogP contribution in [0.2, 0.25) is 0 Å². The van der Waals surface area contributed by atoms with Crippen LogP contribution >= 0.6 is 0 Å². The number of hydrogen-bond acceptors (Lipinski definition) is 3. The molecule has 0 saturated heterocycles. The van der Waals surface area contributed by atoms with E-state index in [4.69, 9.17) is 9.47 Å². The van der Waals surface area contributed by atoms with Crippen LogP contribution in [0.4, 0.5) is 0 Å². The summed E-state index contributed by atoms with van der Waals surface area (Å²) in [7, 11) is 1.84. The third kappa shape index (κ3) is 2.90. The van der Waals surface area contributed by atoms with Crippen LogP contribution in [-0.2, 0) is 16.5 Å². The lowest BCUT2D eigenvalue weighted by atomic mass is 9.66. The van der Waals surface area contributed by atoms with Gasteiger partial charge in [-0.1, -0.05) is 27.7 Å². The number of ether oxygens (including phenoxy) is 2. The number of rotatable bonds is 5. The minimum atomic E-state index is -0.252. The first-order valence-corrected chi connectivity index (χ1v) is 7.26. The lowest BCUT2D eigenvalue weighted by molar-refractivity contribution is -0.180. The second kappa shape index (κ2) is 5.60. The molecule has 0 spiro atoms. The minimum absolute atomic E-state index is 0.0675. The summed E-state index contributed by atoms with van der Waals surface area (Å²) in [6, 6.07) is 3.62. The average Bonchev–Trinajstić information content (AvgIpc) is 2.78. The highest BCUT2D eigenvalue weighted by molar-refractivity contribution is 5.87. The van der Waals surface area contributed by atoms with Gasteiger partial charge in [0.25, 0.3) is 0 Å². The van der Waals surface area contributed by atoms with E-state index in [9.17, 15) is 4.79 Å².